The standard InChI is InChI=1S/C9H18O3/c1-5-7(3)12-8(4-10)6(2)9(5)11/h5-11H,4H2,1-3H3/i10T. The smallest absolute Gasteiger partial charge is 0.210 e. The first kappa shape index (κ1) is 8.48. The molecule has 2 N–H and O–H groups in total. The van der Waals surface area contributed by atoms with Gasteiger partial charge in [-0.05, 0) is 6.92 Å². The minimum Gasteiger partial charge on any atom is -0.394 e. The summed E-state index contributed by atoms with van der Waals surface area (Å²) in [6.07, 6.45) is -0.478. The van der Waals surface area contributed by atoms with E-state index in [1.807, 2.05) is 20.8 Å². The van der Waals surface area contributed by atoms with E-state index in [1.54, 1.807) is 0 Å². The highest BCUT2D eigenvalue weighted by molar-refractivity contribution is 4.85. The van der Waals surface area contributed by atoms with Crippen LogP contribution in [0.3, 0.4) is 0 Å². The van der Waals surface area contributed by atoms with E-state index >= 15 is 0 Å². The van der Waals surface area contributed by atoms with Crippen LogP contribution >= 0.6 is 0 Å². The Hall–Kier alpha value is -0.120. The Morgan fingerprint density at radius 2 is 2.00 bits per heavy atom. The molecule has 0 aromatic heterocycles. The number of aliphatic hydroxyl groups excluding tert-OH is 2. The average molecular weight is 176 g/mol. The van der Waals surface area contributed by atoms with E-state index in [1.165, 1.54) is 0 Å². The average Bonchev–Trinajstić information content (AvgIpc) is 2.11. The zero-order valence-electron chi connectivity index (χ0n) is 8.86. The lowest BCUT2D eigenvalue weighted by Crippen LogP contribution is -2.49. The van der Waals surface area contributed by atoms with Crippen molar-refractivity contribution in [1.29, 1.82) is 1.43 Å². The van der Waals surface area contributed by atoms with Crippen LogP contribution in [0.4, 0.5) is 0 Å². The summed E-state index contributed by atoms with van der Waals surface area (Å²) in [6, 6.07) is 0. The van der Waals surface area contributed by atoms with E-state index < -0.39 is 0 Å². The molecule has 0 radical (unpaired) electrons. The quantitative estimate of drug-likeness (QED) is 0.640. The molecule has 5 atom stereocenters. The lowest BCUT2D eigenvalue weighted by molar-refractivity contribution is -0.168. The monoisotopic (exact) mass is 176 g/mol. The molecule has 1 saturated heterocycles. The van der Waals surface area contributed by atoms with Crippen molar-refractivity contribution in [2.45, 2.75) is 39.1 Å². The topological polar surface area (TPSA) is 49.7 Å². The summed E-state index contributed by atoms with van der Waals surface area (Å²) < 4.78 is 12.3. The maximum Gasteiger partial charge on any atom is 0.210 e. The molecule has 0 spiro atoms. The predicted octanol–water partition coefficient (Wildman–Crippen LogP) is 0.399. The van der Waals surface area contributed by atoms with E-state index in [4.69, 9.17) is 6.17 Å². The molecule has 0 aromatic carbocycles. The highest BCUT2D eigenvalue weighted by atomic mass is 16.5. The summed E-state index contributed by atoms with van der Waals surface area (Å²) in [5, 5.41) is 14.1. The lowest BCUT2D eigenvalue weighted by Gasteiger charge is -2.40. The van der Waals surface area contributed by atoms with E-state index in [0.29, 0.717) is 0 Å². The maximum atomic E-state index is 9.82. The van der Waals surface area contributed by atoms with Gasteiger partial charge in [-0.15, -0.1) is 0 Å². The van der Waals surface area contributed by atoms with Gasteiger partial charge >= 0.3 is 0 Å². The number of ether oxygens (including phenoxy) is 1. The minimum atomic E-state index is -0.358. The predicted molar refractivity (Wildman–Crippen MR) is 45.8 cm³/mol. The third kappa shape index (κ3) is 1.63. The van der Waals surface area contributed by atoms with Gasteiger partial charge in [0.2, 0.25) is 1.43 Å². The summed E-state index contributed by atoms with van der Waals surface area (Å²) in [5.41, 5.74) is 0. The molecular weight excluding hydrogens is 156 g/mol. The van der Waals surface area contributed by atoms with Crippen LogP contribution in [0.5, 0.6) is 0 Å². The Bertz CT molecular complexity index is 165. The van der Waals surface area contributed by atoms with Crippen molar-refractivity contribution in [2.24, 2.45) is 11.8 Å². The fraction of sp³-hybridized carbons (Fsp3) is 1.00. The van der Waals surface area contributed by atoms with Crippen LogP contribution in [0.15, 0.2) is 0 Å². The van der Waals surface area contributed by atoms with Crippen molar-refractivity contribution < 1.29 is 15.0 Å². The first-order valence-corrected chi connectivity index (χ1v) is 4.49. The van der Waals surface area contributed by atoms with E-state index in [0.717, 1.165) is 0 Å². The number of rotatable bonds is 2. The van der Waals surface area contributed by atoms with Crippen LogP contribution in [-0.2, 0) is 4.74 Å². The van der Waals surface area contributed by atoms with Crippen LogP contribution in [0.2, 0.25) is 0 Å². The van der Waals surface area contributed by atoms with Gasteiger partial charge in [0.05, 0.1) is 24.9 Å². The molecule has 72 valence electrons. The highest BCUT2D eigenvalue weighted by Crippen LogP contribution is 2.29. The largest absolute Gasteiger partial charge is 0.394 e. The SMILES string of the molecule is [3H]OCC1OC(C)C(C)C(O)C1C. The molecule has 0 bridgehead atoms. The molecule has 1 heterocycles. The zero-order valence-corrected chi connectivity index (χ0v) is 7.86. The Balaban J connectivity index is 2.59. The second-order valence-electron chi connectivity index (χ2n) is 3.76. The van der Waals surface area contributed by atoms with Gasteiger partial charge in [0, 0.05) is 11.8 Å². The third-order valence-corrected chi connectivity index (χ3v) is 2.96. The van der Waals surface area contributed by atoms with Crippen LogP contribution < -0.4 is 0 Å². The molecule has 0 amide bonds. The van der Waals surface area contributed by atoms with Gasteiger partial charge in [-0.1, -0.05) is 13.8 Å². The van der Waals surface area contributed by atoms with Crippen molar-refractivity contribution in [3.63, 3.8) is 0 Å². The summed E-state index contributed by atoms with van der Waals surface area (Å²) in [5.74, 6) is 0.188. The van der Waals surface area contributed by atoms with Crippen molar-refractivity contribution in [2.75, 3.05) is 6.61 Å². The van der Waals surface area contributed by atoms with E-state index in [-0.39, 0.29) is 36.8 Å². The second kappa shape index (κ2) is 3.73. The van der Waals surface area contributed by atoms with Gasteiger partial charge in [0.15, 0.2) is 0 Å². The molecular formula is C9H18O3. The summed E-state index contributed by atoms with van der Waals surface area (Å²) >= 11 is 0. The van der Waals surface area contributed by atoms with Gasteiger partial charge in [-0.2, -0.15) is 0 Å². The van der Waals surface area contributed by atoms with Crippen LogP contribution in [0.25, 0.3) is 0 Å². The number of aliphatic hydroxyl groups is 2. The van der Waals surface area contributed by atoms with E-state index in [2.05, 4.69) is 5.11 Å². The Morgan fingerprint density at radius 1 is 1.33 bits per heavy atom. The molecule has 1 rings (SSSR count). The van der Waals surface area contributed by atoms with Gasteiger partial charge in [-0.25, -0.2) is 0 Å². The minimum absolute atomic E-state index is 0.0337. The summed E-state index contributed by atoms with van der Waals surface area (Å²) in [7, 11) is 0. The van der Waals surface area contributed by atoms with Gasteiger partial charge < -0.3 is 15.0 Å². The normalized spacial score (nSPS) is 50.3. The van der Waals surface area contributed by atoms with E-state index in [9.17, 15) is 5.11 Å². The molecule has 12 heavy (non-hydrogen) atoms. The second-order valence-corrected chi connectivity index (χ2v) is 3.76. The van der Waals surface area contributed by atoms with Gasteiger partial charge in [0.25, 0.3) is 0 Å². The molecule has 0 saturated carbocycles. The molecule has 1 aliphatic rings. The van der Waals surface area contributed by atoms with Crippen molar-refractivity contribution in [1.82, 2.24) is 0 Å². The summed E-state index contributed by atoms with van der Waals surface area (Å²) in [6.45, 7) is 6.08. The van der Waals surface area contributed by atoms with Gasteiger partial charge in [0.1, 0.15) is 0 Å². The fourth-order valence-corrected chi connectivity index (χ4v) is 1.69. The molecule has 0 aliphatic carbocycles. The fourth-order valence-electron chi connectivity index (χ4n) is 1.69. The highest BCUT2D eigenvalue weighted by Gasteiger charge is 2.37. The van der Waals surface area contributed by atoms with Crippen LogP contribution in [-0.4, -0.2) is 36.6 Å². The lowest BCUT2D eigenvalue weighted by atomic mass is 9.83. The Labute approximate surface area is 74.8 Å². The van der Waals surface area contributed by atoms with Gasteiger partial charge in [-0.3, -0.25) is 0 Å². The maximum absolute atomic E-state index is 9.82. The molecule has 1 aliphatic heterocycles. The molecule has 3 nitrogen and oxygen atoms in total. The van der Waals surface area contributed by atoms with Crippen molar-refractivity contribution in [3.8, 4) is 0 Å². The summed E-state index contributed by atoms with van der Waals surface area (Å²) in [4.78, 5) is 0. The molecule has 3 heteroatoms. The first-order chi connectivity index (χ1) is 6.07. The molecule has 5 unspecified atom stereocenters. The molecule has 0 aromatic rings. The Kier molecular flexibility index (Phi) is 2.63. The van der Waals surface area contributed by atoms with Crippen LogP contribution in [0, 0.1) is 11.8 Å². The number of hydrogen-bond acceptors (Lipinski definition) is 3. The van der Waals surface area contributed by atoms with Crippen molar-refractivity contribution in [3.05, 3.63) is 0 Å². The van der Waals surface area contributed by atoms with Crippen LogP contribution in [0.1, 0.15) is 20.8 Å². The number of hydrogen-bond donors (Lipinski definition) is 2. The zero-order chi connectivity index (χ0) is 10.0. The first-order valence-electron chi connectivity index (χ1n) is 4.90. The van der Waals surface area contributed by atoms with Crippen molar-refractivity contribution >= 4 is 0 Å². The molecule has 1 fully saturated rings. The Morgan fingerprint density at radius 3 is 2.58 bits per heavy atom. The third-order valence-electron chi connectivity index (χ3n) is 2.96.